The Kier molecular flexibility index (Phi) is 6.36. The van der Waals surface area contributed by atoms with E-state index in [-0.39, 0.29) is 34.4 Å². The van der Waals surface area contributed by atoms with Crippen molar-refractivity contribution < 1.29 is 29.3 Å². The van der Waals surface area contributed by atoms with Crippen LogP contribution in [0.5, 0.6) is 17.2 Å². The highest BCUT2D eigenvalue weighted by Gasteiger charge is 2.12. The zero-order valence-corrected chi connectivity index (χ0v) is 15.9. The summed E-state index contributed by atoms with van der Waals surface area (Å²) >= 11 is 6.19. The predicted molar refractivity (Wildman–Crippen MR) is 107 cm³/mol. The summed E-state index contributed by atoms with van der Waals surface area (Å²) in [6.07, 6.45) is 0.426. The molecule has 0 atom stereocenters. The van der Waals surface area contributed by atoms with Crippen LogP contribution in [0.2, 0.25) is 5.02 Å². The fourth-order valence-corrected chi connectivity index (χ4v) is 2.72. The lowest BCUT2D eigenvalue weighted by Crippen LogP contribution is -2.09. The lowest BCUT2D eigenvalue weighted by Gasteiger charge is -2.09. The number of benzene rings is 3. The molecule has 3 aromatic carbocycles. The molecule has 29 heavy (non-hydrogen) atoms. The van der Waals surface area contributed by atoms with Crippen molar-refractivity contribution in [3.63, 3.8) is 0 Å². The fourth-order valence-electron chi connectivity index (χ4n) is 2.48. The summed E-state index contributed by atoms with van der Waals surface area (Å²) in [5.74, 6) is -0.759. The zero-order valence-electron chi connectivity index (χ0n) is 15.2. The van der Waals surface area contributed by atoms with Crippen LogP contribution in [0.15, 0.2) is 66.7 Å². The number of hydrogen-bond acceptors (Lipinski definition) is 6. The summed E-state index contributed by atoms with van der Waals surface area (Å²) in [5, 5.41) is 18.8. The van der Waals surface area contributed by atoms with Gasteiger partial charge in [0, 0.05) is 6.42 Å². The molecular weight excluding hydrogens is 396 g/mol. The lowest BCUT2D eigenvalue weighted by molar-refractivity contribution is 0.0508. The first-order chi connectivity index (χ1) is 13.9. The SMILES string of the molecule is O=C(OCCc1ccc(OC(=O)c2ccc(O)cc2)c(Cl)c1)c1ccc(O)cc1. The number of rotatable bonds is 6. The van der Waals surface area contributed by atoms with Gasteiger partial charge in [-0.2, -0.15) is 0 Å². The molecule has 0 aliphatic rings. The van der Waals surface area contributed by atoms with Crippen molar-refractivity contribution in [3.8, 4) is 17.2 Å². The van der Waals surface area contributed by atoms with E-state index in [0.717, 1.165) is 5.56 Å². The Bertz CT molecular complexity index is 1010. The van der Waals surface area contributed by atoms with Crippen molar-refractivity contribution in [1.29, 1.82) is 0 Å². The first-order valence-corrected chi connectivity index (χ1v) is 9.06. The van der Waals surface area contributed by atoms with E-state index in [1.54, 1.807) is 18.2 Å². The Morgan fingerprint density at radius 1 is 0.793 bits per heavy atom. The van der Waals surface area contributed by atoms with Gasteiger partial charge in [-0.3, -0.25) is 0 Å². The minimum absolute atomic E-state index is 0.0510. The largest absolute Gasteiger partial charge is 0.508 e. The highest BCUT2D eigenvalue weighted by molar-refractivity contribution is 6.32. The molecule has 7 heteroatoms. The molecule has 0 spiro atoms. The van der Waals surface area contributed by atoms with Crippen LogP contribution < -0.4 is 4.74 Å². The van der Waals surface area contributed by atoms with Crippen LogP contribution in [0, 0.1) is 0 Å². The second-order valence-corrected chi connectivity index (χ2v) is 6.54. The van der Waals surface area contributed by atoms with Crippen molar-refractivity contribution in [2.45, 2.75) is 6.42 Å². The molecular formula is C22H17ClO6. The monoisotopic (exact) mass is 412 g/mol. The fraction of sp³-hybridized carbons (Fsp3) is 0.0909. The Balaban J connectivity index is 1.55. The number of phenols is 2. The lowest BCUT2D eigenvalue weighted by atomic mass is 10.1. The van der Waals surface area contributed by atoms with Crippen molar-refractivity contribution >= 4 is 23.5 Å². The van der Waals surface area contributed by atoms with Gasteiger partial charge in [-0.05, 0) is 66.2 Å². The average Bonchev–Trinajstić information content (AvgIpc) is 2.71. The molecule has 148 valence electrons. The number of hydrogen-bond donors (Lipinski definition) is 2. The first kappa shape index (κ1) is 20.2. The summed E-state index contributed by atoms with van der Waals surface area (Å²) in [6, 6.07) is 16.4. The molecule has 3 aromatic rings. The highest BCUT2D eigenvalue weighted by Crippen LogP contribution is 2.27. The van der Waals surface area contributed by atoms with Crippen LogP contribution in [0.3, 0.4) is 0 Å². The quantitative estimate of drug-likeness (QED) is 0.461. The van der Waals surface area contributed by atoms with Gasteiger partial charge in [0.15, 0.2) is 0 Å². The highest BCUT2D eigenvalue weighted by atomic mass is 35.5. The van der Waals surface area contributed by atoms with Crippen molar-refractivity contribution in [2.24, 2.45) is 0 Å². The van der Waals surface area contributed by atoms with E-state index >= 15 is 0 Å². The Labute approximate surface area is 171 Å². The third-order valence-electron chi connectivity index (χ3n) is 4.03. The van der Waals surface area contributed by atoms with Crippen LogP contribution >= 0.6 is 11.6 Å². The third kappa shape index (κ3) is 5.49. The van der Waals surface area contributed by atoms with Gasteiger partial charge in [-0.25, -0.2) is 9.59 Å². The van der Waals surface area contributed by atoms with Crippen molar-refractivity contribution in [1.82, 2.24) is 0 Å². The zero-order chi connectivity index (χ0) is 20.8. The van der Waals surface area contributed by atoms with Gasteiger partial charge in [-0.15, -0.1) is 0 Å². The van der Waals surface area contributed by atoms with Crippen LogP contribution in [0.4, 0.5) is 0 Å². The summed E-state index contributed by atoms with van der Waals surface area (Å²) in [6.45, 7) is 0.142. The maximum absolute atomic E-state index is 12.1. The van der Waals surface area contributed by atoms with E-state index in [2.05, 4.69) is 0 Å². The van der Waals surface area contributed by atoms with E-state index in [4.69, 9.17) is 21.1 Å². The Morgan fingerprint density at radius 2 is 1.34 bits per heavy atom. The molecule has 0 fully saturated rings. The molecule has 6 nitrogen and oxygen atoms in total. The van der Waals surface area contributed by atoms with Crippen LogP contribution in [-0.4, -0.2) is 28.8 Å². The van der Waals surface area contributed by atoms with Crippen LogP contribution in [-0.2, 0) is 11.2 Å². The van der Waals surface area contributed by atoms with E-state index in [1.807, 2.05) is 0 Å². The van der Waals surface area contributed by atoms with Gasteiger partial charge < -0.3 is 19.7 Å². The number of ether oxygens (including phenoxy) is 2. The number of esters is 2. The molecule has 0 amide bonds. The Hall–Kier alpha value is -3.51. The first-order valence-electron chi connectivity index (χ1n) is 8.68. The third-order valence-corrected chi connectivity index (χ3v) is 4.32. The number of carbonyl (C=O) groups excluding carboxylic acids is 2. The second kappa shape index (κ2) is 9.12. The molecule has 0 heterocycles. The number of aromatic hydroxyl groups is 2. The molecule has 0 bridgehead atoms. The standard InChI is InChI=1S/C22H17ClO6/c23-19-13-14(11-12-28-21(26)15-2-6-17(24)7-3-15)1-10-20(19)29-22(27)16-4-8-18(25)9-5-16/h1-10,13,24-25H,11-12H2. The number of carbonyl (C=O) groups is 2. The molecule has 0 saturated carbocycles. The molecule has 0 radical (unpaired) electrons. The van der Waals surface area contributed by atoms with Crippen LogP contribution in [0.1, 0.15) is 26.3 Å². The van der Waals surface area contributed by atoms with Gasteiger partial charge in [0.1, 0.15) is 17.2 Å². The molecule has 0 saturated heterocycles. The minimum Gasteiger partial charge on any atom is -0.508 e. The molecule has 0 aromatic heterocycles. The van der Waals surface area contributed by atoms with Gasteiger partial charge in [0.25, 0.3) is 0 Å². The molecule has 3 rings (SSSR count). The smallest absolute Gasteiger partial charge is 0.343 e. The Morgan fingerprint density at radius 3 is 1.90 bits per heavy atom. The molecule has 0 aliphatic carbocycles. The molecule has 0 aliphatic heterocycles. The van der Waals surface area contributed by atoms with E-state index in [0.29, 0.717) is 12.0 Å². The topological polar surface area (TPSA) is 93.1 Å². The van der Waals surface area contributed by atoms with Crippen molar-refractivity contribution in [2.75, 3.05) is 6.61 Å². The summed E-state index contributed by atoms with van der Waals surface area (Å²) in [4.78, 5) is 24.1. The summed E-state index contributed by atoms with van der Waals surface area (Å²) < 4.78 is 10.5. The van der Waals surface area contributed by atoms with Gasteiger partial charge in [0.05, 0.1) is 22.8 Å². The van der Waals surface area contributed by atoms with E-state index in [1.165, 1.54) is 48.5 Å². The number of phenolic OH excluding ortho intramolecular Hbond substituents is 2. The van der Waals surface area contributed by atoms with E-state index < -0.39 is 11.9 Å². The predicted octanol–water partition coefficient (Wildman–Crippen LogP) is 4.37. The maximum Gasteiger partial charge on any atom is 0.343 e. The normalized spacial score (nSPS) is 10.4. The number of halogens is 1. The second-order valence-electron chi connectivity index (χ2n) is 6.13. The van der Waals surface area contributed by atoms with Crippen LogP contribution in [0.25, 0.3) is 0 Å². The maximum atomic E-state index is 12.1. The minimum atomic E-state index is -0.595. The average molecular weight is 413 g/mol. The summed E-state index contributed by atoms with van der Waals surface area (Å²) in [5.41, 5.74) is 1.43. The van der Waals surface area contributed by atoms with Crippen molar-refractivity contribution in [3.05, 3.63) is 88.4 Å². The molecule has 0 unspecified atom stereocenters. The summed E-state index contributed by atoms with van der Waals surface area (Å²) in [7, 11) is 0. The van der Waals surface area contributed by atoms with Gasteiger partial charge in [0.2, 0.25) is 0 Å². The van der Waals surface area contributed by atoms with Gasteiger partial charge >= 0.3 is 11.9 Å². The molecule has 2 N–H and O–H groups in total. The van der Waals surface area contributed by atoms with E-state index in [9.17, 15) is 19.8 Å². The van der Waals surface area contributed by atoms with Gasteiger partial charge in [-0.1, -0.05) is 17.7 Å².